The monoisotopic (exact) mass is 410 g/mol. The van der Waals surface area contributed by atoms with E-state index in [0.29, 0.717) is 17.6 Å². The zero-order chi connectivity index (χ0) is 21.5. The van der Waals surface area contributed by atoms with E-state index in [0.717, 1.165) is 25.2 Å². The fourth-order valence-electron chi connectivity index (χ4n) is 6.15. The Morgan fingerprint density at radius 1 is 0.967 bits per heavy atom. The molecule has 0 radical (unpaired) electrons. The van der Waals surface area contributed by atoms with Gasteiger partial charge in [-0.15, -0.1) is 0 Å². The number of carboxylic acid groups (broad SMARTS) is 1. The maximum Gasteiger partial charge on any atom is 0.335 e. The second-order valence-corrected chi connectivity index (χ2v) is 9.29. The van der Waals surface area contributed by atoms with Crippen molar-refractivity contribution in [1.29, 1.82) is 0 Å². The topological polar surface area (TPSA) is 98.0 Å². The summed E-state index contributed by atoms with van der Waals surface area (Å²) in [7, 11) is 0. The number of phenolic OH excluding ortho intramolecular Hbond substituents is 2. The second kappa shape index (κ2) is 7.95. The minimum absolute atomic E-state index is 0.0741. The van der Waals surface area contributed by atoms with Crippen molar-refractivity contribution in [3.8, 4) is 11.5 Å². The molecule has 5 rings (SSSR count). The average Bonchev–Trinajstić information content (AvgIpc) is 3.03. The van der Waals surface area contributed by atoms with Gasteiger partial charge in [-0.3, -0.25) is 0 Å². The summed E-state index contributed by atoms with van der Waals surface area (Å²) in [4.78, 5) is 10.2. The zero-order valence-electron chi connectivity index (χ0n) is 17.3. The minimum Gasteiger partial charge on any atom is -0.508 e. The number of phenols is 2. The van der Waals surface area contributed by atoms with E-state index in [2.05, 4.69) is 13.0 Å². The molecule has 5 atom stereocenters. The van der Waals surface area contributed by atoms with Crippen LogP contribution in [0.5, 0.6) is 11.5 Å². The molecule has 2 fully saturated rings. The summed E-state index contributed by atoms with van der Waals surface area (Å²) in [6, 6.07) is 11.3. The van der Waals surface area contributed by atoms with Crippen LogP contribution in [0.25, 0.3) is 0 Å². The summed E-state index contributed by atoms with van der Waals surface area (Å²) in [5, 5.41) is 37.2. The van der Waals surface area contributed by atoms with Gasteiger partial charge >= 0.3 is 5.97 Å². The normalized spacial score (nSPS) is 31.5. The molecule has 0 unspecified atom stereocenters. The number of carboxylic acids is 1. The summed E-state index contributed by atoms with van der Waals surface area (Å²) >= 11 is 0. The van der Waals surface area contributed by atoms with Crippen molar-refractivity contribution in [2.45, 2.75) is 57.5 Å². The van der Waals surface area contributed by atoms with Crippen molar-refractivity contribution >= 4 is 5.97 Å². The molecule has 3 aliphatic carbocycles. The van der Waals surface area contributed by atoms with E-state index in [9.17, 15) is 15.0 Å². The van der Waals surface area contributed by atoms with Crippen LogP contribution in [0.15, 0.2) is 42.5 Å². The van der Waals surface area contributed by atoms with Gasteiger partial charge in [0.1, 0.15) is 11.5 Å². The molecule has 3 aliphatic rings. The van der Waals surface area contributed by atoms with Crippen LogP contribution in [-0.4, -0.2) is 32.5 Å². The van der Waals surface area contributed by atoms with Crippen molar-refractivity contribution in [2.75, 3.05) is 0 Å². The van der Waals surface area contributed by atoms with Crippen LogP contribution in [0, 0.1) is 17.3 Å². The lowest BCUT2D eigenvalue weighted by atomic mass is 9.55. The van der Waals surface area contributed by atoms with E-state index < -0.39 is 5.97 Å². The Morgan fingerprint density at radius 3 is 2.37 bits per heavy atom. The molecule has 0 amide bonds. The van der Waals surface area contributed by atoms with Crippen LogP contribution in [0.3, 0.4) is 0 Å². The molecule has 2 saturated carbocycles. The molecule has 2 aromatic rings. The van der Waals surface area contributed by atoms with Crippen molar-refractivity contribution in [3.63, 3.8) is 0 Å². The lowest BCUT2D eigenvalue weighted by molar-refractivity contribution is -0.0226. The van der Waals surface area contributed by atoms with Gasteiger partial charge in [-0.1, -0.05) is 13.0 Å². The Kier molecular flexibility index (Phi) is 5.49. The third-order valence-corrected chi connectivity index (χ3v) is 7.77. The van der Waals surface area contributed by atoms with E-state index in [4.69, 9.17) is 10.2 Å². The van der Waals surface area contributed by atoms with Crippen molar-refractivity contribution in [1.82, 2.24) is 0 Å². The van der Waals surface area contributed by atoms with E-state index in [1.165, 1.54) is 54.7 Å². The number of hydrogen-bond donors (Lipinski definition) is 4. The number of aromatic hydroxyl groups is 2. The van der Waals surface area contributed by atoms with Crippen molar-refractivity contribution in [2.24, 2.45) is 17.3 Å². The molecule has 5 heteroatoms. The first-order valence-corrected chi connectivity index (χ1v) is 10.8. The third-order valence-electron chi connectivity index (χ3n) is 7.77. The summed E-state index contributed by atoms with van der Waals surface area (Å²) in [6.45, 7) is 2.32. The molecule has 0 spiro atoms. The van der Waals surface area contributed by atoms with E-state index in [1.54, 1.807) is 0 Å². The highest BCUT2D eigenvalue weighted by atomic mass is 16.4. The van der Waals surface area contributed by atoms with Gasteiger partial charge in [0.25, 0.3) is 0 Å². The van der Waals surface area contributed by atoms with Gasteiger partial charge in [0.05, 0.1) is 11.7 Å². The van der Waals surface area contributed by atoms with E-state index in [1.807, 2.05) is 12.1 Å². The quantitative estimate of drug-likeness (QED) is 0.546. The highest BCUT2D eigenvalue weighted by molar-refractivity contribution is 5.87. The van der Waals surface area contributed by atoms with Crippen molar-refractivity contribution < 1.29 is 25.2 Å². The molecular weight excluding hydrogens is 380 g/mol. The smallest absolute Gasteiger partial charge is 0.335 e. The Balaban J connectivity index is 0.000000185. The highest BCUT2D eigenvalue weighted by Crippen LogP contribution is 2.60. The van der Waals surface area contributed by atoms with Crippen LogP contribution >= 0.6 is 0 Å². The lowest BCUT2D eigenvalue weighted by Crippen LogP contribution is -2.43. The number of aromatic carboxylic acids is 1. The molecule has 0 saturated heterocycles. The van der Waals surface area contributed by atoms with Gasteiger partial charge < -0.3 is 20.4 Å². The fraction of sp³-hybridized carbons (Fsp3) is 0.480. The minimum atomic E-state index is -0.986. The van der Waals surface area contributed by atoms with Crippen LogP contribution in [0.2, 0.25) is 0 Å². The van der Waals surface area contributed by atoms with Gasteiger partial charge in [0, 0.05) is 0 Å². The number of rotatable bonds is 1. The fourth-order valence-corrected chi connectivity index (χ4v) is 6.15. The molecule has 0 aliphatic heterocycles. The standard InChI is InChI=1S/C18H24O2.C7H6O3/c1-18-9-8-14-13-5-3-12(19)10-11(13)2-4-15(14)16(18)6-7-17(18)20;8-6-3-1-5(2-4-6)7(9)10/h3,5,10,14-17,19-20H,2,4,6-9H2,1H3;1-4,8H,(H,9,10)/t14-,15-,16+,17+,18+;/m1./s1. The van der Waals surface area contributed by atoms with Crippen LogP contribution in [-0.2, 0) is 6.42 Å². The van der Waals surface area contributed by atoms with Gasteiger partial charge in [0.15, 0.2) is 0 Å². The molecular formula is C25H30O5. The van der Waals surface area contributed by atoms with Crippen LogP contribution in [0.4, 0.5) is 0 Å². The zero-order valence-corrected chi connectivity index (χ0v) is 17.3. The number of aryl methyl sites for hydroxylation is 1. The molecule has 160 valence electrons. The second-order valence-electron chi connectivity index (χ2n) is 9.29. The SMILES string of the molecule is C[C@]12CC[C@@H]3c4ccc(O)cc4CC[C@H]3[C@@H]1CC[C@@H]2O.O=C(O)c1ccc(O)cc1. The molecule has 5 nitrogen and oxygen atoms in total. The third kappa shape index (κ3) is 3.67. The Hall–Kier alpha value is -2.53. The lowest BCUT2D eigenvalue weighted by Gasteiger charge is -2.50. The van der Waals surface area contributed by atoms with Gasteiger partial charge in [-0.25, -0.2) is 4.79 Å². The molecule has 2 aromatic carbocycles. The first-order chi connectivity index (χ1) is 14.3. The molecule has 0 aromatic heterocycles. The Morgan fingerprint density at radius 2 is 1.67 bits per heavy atom. The maximum atomic E-state index is 10.4. The maximum absolute atomic E-state index is 10.4. The predicted octanol–water partition coefficient (Wildman–Crippen LogP) is 4.70. The number of aliphatic hydroxyl groups excluding tert-OH is 1. The number of hydrogen-bond acceptors (Lipinski definition) is 4. The van der Waals surface area contributed by atoms with E-state index >= 15 is 0 Å². The molecule has 30 heavy (non-hydrogen) atoms. The molecule has 0 heterocycles. The highest BCUT2D eigenvalue weighted by Gasteiger charge is 2.54. The van der Waals surface area contributed by atoms with Gasteiger partial charge in [-0.05, 0) is 109 Å². The summed E-state index contributed by atoms with van der Waals surface area (Å²) in [6.07, 6.45) is 6.78. The summed E-state index contributed by atoms with van der Waals surface area (Å²) < 4.78 is 0. The molecule has 4 N–H and O–H groups in total. The number of aliphatic hydroxyl groups is 1. The number of benzene rings is 2. The van der Waals surface area contributed by atoms with E-state index in [-0.39, 0.29) is 22.8 Å². The first-order valence-electron chi connectivity index (χ1n) is 10.8. The van der Waals surface area contributed by atoms with Crippen LogP contribution in [0.1, 0.15) is 66.4 Å². The van der Waals surface area contributed by atoms with Crippen LogP contribution < -0.4 is 0 Å². The summed E-state index contributed by atoms with van der Waals surface area (Å²) in [5.41, 5.74) is 3.17. The predicted molar refractivity (Wildman–Crippen MR) is 114 cm³/mol. The number of carbonyl (C=O) groups is 1. The van der Waals surface area contributed by atoms with Gasteiger partial charge in [-0.2, -0.15) is 0 Å². The number of fused-ring (bicyclic) bond motifs is 5. The molecule has 0 bridgehead atoms. The largest absolute Gasteiger partial charge is 0.508 e. The van der Waals surface area contributed by atoms with Crippen molar-refractivity contribution in [3.05, 3.63) is 59.2 Å². The Bertz CT molecular complexity index is 922. The summed E-state index contributed by atoms with van der Waals surface area (Å²) in [5.74, 6) is 1.58. The first kappa shape index (κ1) is 20.7. The Labute approximate surface area is 177 Å². The van der Waals surface area contributed by atoms with Gasteiger partial charge in [0.2, 0.25) is 0 Å². The average molecular weight is 411 g/mol.